The Labute approximate surface area is 94.8 Å². The molecule has 90 valence electrons. The van der Waals surface area contributed by atoms with Crippen molar-refractivity contribution in [3.05, 3.63) is 18.7 Å². The molecule has 1 aromatic rings. The molecule has 6 nitrogen and oxygen atoms in total. The lowest BCUT2D eigenvalue weighted by molar-refractivity contribution is -0.124. The van der Waals surface area contributed by atoms with Crippen LogP contribution in [0.5, 0.6) is 0 Å². The Balaban J connectivity index is 2.33. The van der Waals surface area contributed by atoms with Crippen LogP contribution in [0, 0.1) is 0 Å². The third kappa shape index (κ3) is 4.00. The van der Waals surface area contributed by atoms with Crippen molar-refractivity contribution in [3.8, 4) is 0 Å². The van der Waals surface area contributed by atoms with Gasteiger partial charge in [0.05, 0.1) is 12.9 Å². The minimum Gasteiger partial charge on any atom is -0.383 e. The number of nitrogens with two attached hydrogens (primary N) is 1. The SMILES string of the molecule is COCC(N)C(=O)NC(C)Cn1ccnc1. The molecule has 2 atom stereocenters. The summed E-state index contributed by atoms with van der Waals surface area (Å²) in [5.41, 5.74) is 5.59. The third-order valence-corrected chi connectivity index (χ3v) is 2.12. The molecule has 0 saturated carbocycles. The van der Waals surface area contributed by atoms with Crippen molar-refractivity contribution >= 4 is 5.91 Å². The van der Waals surface area contributed by atoms with E-state index in [9.17, 15) is 4.79 Å². The van der Waals surface area contributed by atoms with Crippen LogP contribution in [-0.4, -0.2) is 41.3 Å². The van der Waals surface area contributed by atoms with Crippen LogP contribution in [0.3, 0.4) is 0 Å². The third-order valence-electron chi connectivity index (χ3n) is 2.12. The van der Waals surface area contributed by atoms with E-state index in [4.69, 9.17) is 10.5 Å². The highest BCUT2D eigenvalue weighted by molar-refractivity contribution is 5.81. The lowest BCUT2D eigenvalue weighted by Crippen LogP contribution is -2.47. The van der Waals surface area contributed by atoms with E-state index in [0.717, 1.165) is 0 Å². The lowest BCUT2D eigenvalue weighted by atomic mass is 10.2. The highest BCUT2D eigenvalue weighted by Gasteiger charge is 2.15. The average Bonchev–Trinajstić information content (AvgIpc) is 2.70. The van der Waals surface area contributed by atoms with Gasteiger partial charge in [0.25, 0.3) is 0 Å². The van der Waals surface area contributed by atoms with E-state index >= 15 is 0 Å². The maximum Gasteiger partial charge on any atom is 0.239 e. The molecule has 3 N–H and O–H groups in total. The second-order valence-electron chi connectivity index (χ2n) is 3.73. The Morgan fingerprint density at radius 2 is 2.44 bits per heavy atom. The summed E-state index contributed by atoms with van der Waals surface area (Å²) < 4.78 is 6.71. The number of nitrogens with one attached hydrogen (secondary N) is 1. The van der Waals surface area contributed by atoms with Crippen LogP contribution in [0.2, 0.25) is 0 Å². The van der Waals surface area contributed by atoms with E-state index in [1.807, 2.05) is 17.7 Å². The van der Waals surface area contributed by atoms with Gasteiger partial charge in [-0.15, -0.1) is 0 Å². The molecular weight excluding hydrogens is 208 g/mol. The Morgan fingerprint density at radius 1 is 1.69 bits per heavy atom. The summed E-state index contributed by atoms with van der Waals surface area (Å²) in [6.07, 6.45) is 5.25. The number of hydrogen-bond acceptors (Lipinski definition) is 4. The van der Waals surface area contributed by atoms with Crippen molar-refractivity contribution in [1.29, 1.82) is 0 Å². The largest absolute Gasteiger partial charge is 0.383 e. The van der Waals surface area contributed by atoms with Crippen molar-refractivity contribution < 1.29 is 9.53 Å². The Bertz CT molecular complexity index is 313. The van der Waals surface area contributed by atoms with Gasteiger partial charge in [-0.25, -0.2) is 4.98 Å². The molecule has 0 spiro atoms. The summed E-state index contributed by atoms with van der Waals surface area (Å²) in [6.45, 7) is 2.81. The maximum absolute atomic E-state index is 11.5. The number of imidazole rings is 1. The summed E-state index contributed by atoms with van der Waals surface area (Å²) in [4.78, 5) is 15.5. The van der Waals surface area contributed by atoms with Crippen LogP contribution >= 0.6 is 0 Å². The molecule has 1 aromatic heterocycles. The van der Waals surface area contributed by atoms with Crippen LogP contribution in [-0.2, 0) is 16.1 Å². The molecule has 1 amide bonds. The molecule has 16 heavy (non-hydrogen) atoms. The first-order chi connectivity index (χ1) is 7.63. The first kappa shape index (κ1) is 12.7. The average molecular weight is 226 g/mol. The molecule has 0 bridgehead atoms. The predicted octanol–water partition coefficient (Wildman–Crippen LogP) is -0.638. The van der Waals surface area contributed by atoms with Crippen LogP contribution in [0.25, 0.3) is 0 Å². The van der Waals surface area contributed by atoms with Crippen molar-refractivity contribution in [2.45, 2.75) is 25.6 Å². The second kappa shape index (κ2) is 6.24. The van der Waals surface area contributed by atoms with Gasteiger partial charge < -0.3 is 20.4 Å². The van der Waals surface area contributed by atoms with Gasteiger partial charge in [0, 0.05) is 32.1 Å². The van der Waals surface area contributed by atoms with Crippen LogP contribution in [0.1, 0.15) is 6.92 Å². The van der Waals surface area contributed by atoms with E-state index in [2.05, 4.69) is 10.3 Å². The summed E-state index contributed by atoms with van der Waals surface area (Å²) in [7, 11) is 1.52. The number of nitrogens with zero attached hydrogens (tertiary/aromatic N) is 2. The Kier molecular flexibility index (Phi) is 4.94. The van der Waals surface area contributed by atoms with Gasteiger partial charge in [0.1, 0.15) is 6.04 Å². The number of aromatic nitrogens is 2. The molecular formula is C10H18N4O2. The van der Waals surface area contributed by atoms with Gasteiger partial charge in [-0.1, -0.05) is 0 Å². The Hall–Kier alpha value is -1.40. The quantitative estimate of drug-likeness (QED) is 0.676. The van der Waals surface area contributed by atoms with E-state index in [1.54, 1.807) is 12.5 Å². The van der Waals surface area contributed by atoms with Crippen molar-refractivity contribution in [1.82, 2.24) is 14.9 Å². The number of amides is 1. The lowest BCUT2D eigenvalue weighted by Gasteiger charge is -2.17. The maximum atomic E-state index is 11.5. The van der Waals surface area contributed by atoms with Crippen molar-refractivity contribution in [3.63, 3.8) is 0 Å². The molecule has 1 heterocycles. The fourth-order valence-electron chi connectivity index (χ4n) is 1.36. The fourth-order valence-corrected chi connectivity index (χ4v) is 1.36. The van der Waals surface area contributed by atoms with Crippen molar-refractivity contribution in [2.75, 3.05) is 13.7 Å². The van der Waals surface area contributed by atoms with Gasteiger partial charge in [0.2, 0.25) is 5.91 Å². The number of ether oxygens (including phenoxy) is 1. The van der Waals surface area contributed by atoms with Crippen LogP contribution in [0.4, 0.5) is 0 Å². The molecule has 0 fully saturated rings. The molecule has 1 rings (SSSR count). The number of carbonyl (C=O) groups excluding carboxylic acids is 1. The van der Waals surface area contributed by atoms with E-state index in [0.29, 0.717) is 6.54 Å². The molecule has 0 aliphatic heterocycles. The molecule has 0 aromatic carbocycles. The standard InChI is InChI=1S/C10H18N4O2/c1-8(5-14-4-3-12-7-14)13-10(15)9(11)6-16-2/h3-4,7-9H,5-6,11H2,1-2H3,(H,13,15). The molecule has 0 radical (unpaired) electrons. The predicted molar refractivity (Wildman–Crippen MR) is 59.7 cm³/mol. The van der Waals surface area contributed by atoms with Gasteiger partial charge in [-0.2, -0.15) is 0 Å². The van der Waals surface area contributed by atoms with Crippen LogP contribution < -0.4 is 11.1 Å². The highest BCUT2D eigenvalue weighted by Crippen LogP contribution is 1.92. The molecule has 0 aliphatic carbocycles. The number of rotatable bonds is 6. The van der Waals surface area contributed by atoms with E-state index < -0.39 is 6.04 Å². The summed E-state index contributed by atoms with van der Waals surface area (Å²) >= 11 is 0. The van der Waals surface area contributed by atoms with E-state index in [1.165, 1.54) is 7.11 Å². The first-order valence-electron chi connectivity index (χ1n) is 5.14. The second-order valence-corrected chi connectivity index (χ2v) is 3.73. The molecule has 2 unspecified atom stereocenters. The highest BCUT2D eigenvalue weighted by atomic mass is 16.5. The molecule has 0 saturated heterocycles. The van der Waals surface area contributed by atoms with Gasteiger partial charge in [0.15, 0.2) is 0 Å². The van der Waals surface area contributed by atoms with Gasteiger partial charge >= 0.3 is 0 Å². The zero-order valence-electron chi connectivity index (χ0n) is 9.59. The fraction of sp³-hybridized carbons (Fsp3) is 0.600. The number of hydrogen-bond donors (Lipinski definition) is 2. The van der Waals surface area contributed by atoms with Gasteiger partial charge in [-0.05, 0) is 6.92 Å². The number of methoxy groups -OCH3 is 1. The molecule has 6 heteroatoms. The molecule has 0 aliphatic rings. The van der Waals surface area contributed by atoms with E-state index in [-0.39, 0.29) is 18.6 Å². The normalized spacial score (nSPS) is 14.4. The summed E-state index contributed by atoms with van der Waals surface area (Å²) in [5, 5.41) is 2.81. The minimum absolute atomic E-state index is 0.00426. The zero-order chi connectivity index (χ0) is 12.0. The van der Waals surface area contributed by atoms with Crippen molar-refractivity contribution in [2.24, 2.45) is 5.73 Å². The number of carbonyl (C=O) groups is 1. The topological polar surface area (TPSA) is 82.2 Å². The monoisotopic (exact) mass is 226 g/mol. The van der Waals surface area contributed by atoms with Crippen LogP contribution in [0.15, 0.2) is 18.7 Å². The first-order valence-corrected chi connectivity index (χ1v) is 5.14. The van der Waals surface area contributed by atoms with Gasteiger partial charge in [-0.3, -0.25) is 4.79 Å². The zero-order valence-corrected chi connectivity index (χ0v) is 9.59. The summed E-state index contributed by atoms with van der Waals surface area (Å²) in [6, 6.07) is -0.611. The smallest absolute Gasteiger partial charge is 0.239 e. The minimum atomic E-state index is -0.616. The summed E-state index contributed by atoms with van der Waals surface area (Å²) in [5.74, 6) is -0.200. The Morgan fingerprint density at radius 3 is 3.00 bits per heavy atom.